The smallest absolute Gasteiger partial charge is 0.416 e. The highest BCUT2D eigenvalue weighted by atomic mass is 35.5. The van der Waals surface area contributed by atoms with E-state index in [1.807, 2.05) is 0 Å². The SMILES string of the molecule is Cc1nc(OC[C@H](CC(C)C)Nc2ccc(C(=O)NCCC(=O)O)cc2)ccc1-c1ccc(C(F)(F)F)cc1Cl. The van der Waals surface area contributed by atoms with Crippen molar-refractivity contribution < 1.29 is 32.6 Å². The molecule has 0 spiro atoms. The summed E-state index contributed by atoms with van der Waals surface area (Å²) in [5.41, 5.74) is 2.00. The number of aliphatic carboxylic acids is 1. The number of amides is 1. The molecule has 1 aromatic heterocycles. The van der Waals surface area contributed by atoms with Crippen LogP contribution in [0.25, 0.3) is 11.1 Å². The average Bonchev–Trinajstić information content (AvgIpc) is 2.87. The van der Waals surface area contributed by atoms with E-state index in [9.17, 15) is 22.8 Å². The largest absolute Gasteiger partial charge is 0.481 e. The molecule has 0 fully saturated rings. The van der Waals surface area contributed by atoms with Gasteiger partial charge in [0.15, 0.2) is 0 Å². The Kier molecular flexibility index (Phi) is 10.4. The lowest BCUT2D eigenvalue weighted by molar-refractivity contribution is -0.138. The number of nitrogens with zero attached hydrogens (tertiary/aromatic N) is 1. The highest BCUT2D eigenvalue weighted by Gasteiger charge is 2.31. The van der Waals surface area contributed by atoms with Crippen LogP contribution in [0.1, 0.15) is 48.3 Å². The van der Waals surface area contributed by atoms with Gasteiger partial charge in [-0.25, -0.2) is 4.98 Å². The summed E-state index contributed by atoms with van der Waals surface area (Å²) in [5, 5.41) is 14.7. The van der Waals surface area contributed by atoms with Crippen LogP contribution >= 0.6 is 11.6 Å². The molecule has 1 amide bonds. The van der Waals surface area contributed by atoms with Crippen molar-refractivity contribution in [2.45, 2.75) is 45.8 Å². The number of carbonyl (C=O) groups is 2. The molecule has 2 aromatic carbocycles. The topological polar surface area (TPSA) is 101 Å². The normalized spacial score (nSPS) is 12.2. The summed E-state index contributed by atoms with van der Waals surface area (Å²) < 4.78 is 44.9. The summed E-state index contributed by atoms with van der Waals surface area (Å²) in [6, 6.07) is 13.4. The van der Waals surface area contributed by atoms with Crippen molar-refractivity contribution >= 4 is 29.2 Å². The number of halogens is 4. The Hall–Kier alpha value is -3.79. The van der Waals surface area contributed by atoms with Crippen LogP contribution in [0.15, 0.2) is 54.6 Å². The Bertz CT molecular complexity index is 1330. The number of anilines is 1. The Morgan fingerprint density at radius 3 is 2.30 bits per heavy atom. The molecule has 40 heavy (non-hydrogen) atoms. The van der Waals surface area contributed by atoms with Crippen molar-refractivity contribution in [2.75, 3.05) is 18.5 Å². The predicted octanol–water partition coefficient (Wildman–Crippen LogP) is 6.84. The van der Waals surface area contributed by atoms with E-state index in [1.165, 1.54) is 6.07 Å². The van der Waals surface area contributed by atoms with Crippen molar-refractivity contribution in [3.63, 3.8) is 0 Å². The quantitative estimate of drug-likeness (QED) is 0.218. The second kappa shape index (κ2) is 13.5. The number of benzene rings is 2. The van der Waals surface area contributed by atoms with Crippen LogP contribution in [0.5, 0.6) is 5.88 Å². The van der Waals surface area contributed by atoms with Crippen LogP contribution in [0.3, 0.4) is 0 Å². The molecule has 0 saturated carbocycles. The van der Waals surface area contributed by atoms with Crippen molar-refractivity contribution in [3.05, 3.63) is 76.4 Å². The maximum Gasteiger partial charge on any atom is 0.416 e. The Labute approximate surface area is 235 Å². The zero-order valence-corrected chi connectivity index (χ0v) is 23.1. The number of aromatic nitrogens is 1. The molecule has 3 aromatic rings. The second-order valence-corrected chi connectivity index (χ2v) is 10.1. The molecule has 1 atom stereocenters. The van der Waals surface area contributed by atoms with E-state index in [-0.39, 0.29) is 29.9 Å². The Balaban J connectivity index is 1.65. The molecule has 3 N–H and O–H groups in total. The van der Waals surface area contributed by atoms with Crippen LogP contribution < -0.4 is 15.4 Å². The highest BCUT2D eigenvalue weighted by molar-refractivity contribution is 6.33. The zero-order chi connectivity index (χ0) is 29.4. The maximum atomic E-state index is 13.0. The van der Waals surface area contributed by atoms with Gasteiger partial charge in [-0.3, -0.25) is 9.59 Å². The number of carboxylic acids is 1. The van der Waals surface area contributed by atoms with E-state index in [0.29, 0.717) is 40.8 Å². The third-order valence-electron chi connectivity index (χ3n) is 5.98. The van der Waals surface area contributed by atoms with E-state index in [1.54, 1.807) is 43.3 Å². The molecule has 1 heterocycles. The number of carboxylic acid groups (broad SMARTS) is 1. The molecule has 0 aliphatic rings. The summed E-state index contributed by atoms with van der Waals surface area (Å²) in [6.07, 6.45) is -3.84. The van der Waals surface area contributed by atoms with Crippen molar-refractivity contribution in [3.8, 4) is 17.0 Å². The minimum Gasteiger partial charge on any atom is -0.481 e. The first-order chi connectivity index (χ1) is 18.8. The molecule has 11 heteroatoms. The fraction of sp³-hybridized carbons (Fsp3) is 0.345. The van der Waals surface area contributed by atoms with Gasteiger partial charge >= 0.3 is 12.1 Å². The van der Waals surface area contributed by atoms with Gasteiger partial charge in [0.05, 0.1) is 18.0 Å². The molecule has 0 aliphatic carbocycles. The van der Waals surface area contributed by atoms with Crippen LogP contribution in [0.4, 0.5) is 18.9 Å². The Morgan fingerprint density at radius 1 is 1.05 bits per heavy atom. The van der Waals surface area contributed by atoms with Gasteiger partial charge in [-0.2, -0.15) is 13.2 Å². The number of hydrogen-bond acceptors (Lipinski definition) is 5. The van der Waals surface area contributed by atoms with Gasteiger partial charge in [0.1, 0.15) is 6.61 Å². The number of nitrogens with one attached hydrogen (secondary N) is 2. The lowest BCUT2D eigenvalue weighted by Gasteiger charge is -2.22. The fourth-order valence-corrected chi connectivity index (χ4v) is 4.36. The van der Waals surface area contributed by atoms with Crippen LogP contribution in [0.2, 0.25) is 5.02 Å². The molecule has 7 nitrogen and oxygen atoms in total. The molecule has 0 unspecified atom stereocenters. The lowest BCUT2D eigenvalue weighted by atomic mass is 10.0. The lowest BCUT2D eigenvalue weighted by Crippen LogP contribution is -2.29. The first kappa shape index (κ1) is 30.7. The van der Waals surface area contributed by atoms with Crippen LogP contribution in [-0.4, -0.2) is 41.2 Å². The molecule has 0 aliphatic heterocycles. The summed E-state index contributed by atoms with van der Waals surface area (Å²) in [5.74, 6) is -0.604. The second-order valence-electron chi connectivity index (χ2n) is 9.73. The van der Waals surface area contributed by atoms with Crippen molar-refractivity contribution in [1.82, 2.24) is 10.3 Å². The van der Waals surface area contributed by atoms with Crippen LogP contribution in [-0.2, 0) is 11.0 Å². The number of rotatable bonds is 12. The summed E-state index contributed by atoms with van der Waals surface area (Å²) in [4.78, 5) is 27.3. The molecule has 0 saturated heterocycles. The minimum absolute atomic E-state index is 0.0154. The molecule has 0 radical (unpaired) electrons. The molecular weight excluding hydrogens is 547 g/mol. The average molecular weight is 578 g/mol. The molecule has 0 bridgehead atoms. The number of pyridine rings is 1. The Morgan fingerprint density at radius 2 is 1.73 bits per heavy atom. The third kappa shape index (κ3) is 8.87. The van der Waals surface area contributed by atoms with Crippen molar-refractivity contribution in [1.29, 1.82) is 0 Å². The van der Waals surface area contributed by atoms with Crippen molar-refractivity contribution in [2.24, 2.45) is 5.92 Å². The van der Waals surface area contributed by atoms with Gasteiger partial charge in [-0.1, -0.05) is 31.5 Å². The number of hydrogen-bond donors (Lipinski definition) is 3. The standard InChI is InChI=1S/C29H31ClF3N3O4/c1-17(2)14-22(36-21-7-4-19(5-8-21)28(39)34-13-12-27(37)38)16-40-26-11-10-23(18(3)35-26)24-9-6-20(15-25(24)30)29(31,32)33/h4-11,15,17,22,36H,12-14,16H2,1-3H3,(H,34,39)(H,37,38)/t22-/m0/s1. The monoisotopic (exact) mass is 577 g/mol. The minimum atomic E-state index is -4.48. The van der Waals surface area contributed by atoms with E-state index in [2.05, 4.69) is 29.5 Å². The predicted molar refractivity (Wildman–Crippen MR) is 148 cm³/mol. The van der Waals surface area contributed by atoms with E-state index in [0.717, 1.165) is 24.2 Å². The molecule has 214 valence electrons. The van der Waals surface area contributed by atoms with E-state index >= 15 is 0 Å². The molecular formula is C29H31ClF3N3O4. The fourth-order valence-electron chi connectivity index (χ4n) is 4.08. The number of alkyl halides is 3. The first-order valence-corrected chi connectivity index (χ1v) is 13.1. The zero-order valence-electron chi connectivity index (χ0n) is 22.3. The third-order valence-corrected chi connectivity index (χ3v) is 6.29. The van der Waals surface area contributed by atoms with Gasteiger partial charge in [-0.05, 0) is 61.7 Å². The maximum absolute atomic E-state index is 13.0. The summed E-state index contributed by atoms with van der Waals surface area (Å²) >= 11 is 6.16. The summed E-state index contributed by atoms with van der Waals surface area (Å²) in [6.45, 7) is 6.25. The van der Waals surface area contributed by atoms with Gasteiger partial charge in [-0.15, -0.1) is 0 Å². The molecule has 3 rings (SSSR count). The van der Waals surface area contributed by atoms with Gasteiger partial charge in [0.2, 0.25) is 5.88 Å². The highest BCUT2D eigenvalue weighted by Crippen LogP contribution is 2.36. The van der Waals surface area contributed by atoms with Crippen LogP contribution in [0, 0.1) is 12.8 Å². The van der Waals surface area contributed by atoms with E-state index < -0.39 is 17.7 Å². The number of aryl methyl sites for hydroxylation is 1. The van der Waals surface area contributed by atoms with Gasteiger partial charge in [0, 0.05) is 45.7 Å². The van der Waals surface area contributed by atoms with E-state index in [4.69, 9.17) is 21.4 Å². The first-order valence-electron chi connectivity index (χ1n) is 12.7. The number of ether oxygens (including phenoxy) is 1. The number of carbonyl (C=O) groups excluding carboxylic acids is 1. The van der Waals surface area contributed by atoms with Gasteiger partial charge < -0.3 is 20.5 Å². The summed E-state index contributed by atoms with van der Waals surface area (Å²) in [7, 11) is 0. The van der Waals surface area contributed by atoms with Gasteiger partial charge in [0.25, 0.3) is 5.91 Å².